The molecule has 0 radical (unpaired) electrons. The van der Waals surface area contributed by atoms with Crippen LogP contribution in [0.1, 0.15) is 12.6 Å². The topological polar surface area (TPSA) is 188 Å². The summed E-state index contributed by atoms with van der Waals surface area (Å²) in [7, 11) is 0. The van der Waals surface area contributed by atoms with Gasteiger partial charge in [-0.3, -0.25) is 0 Å². The zero-order valence-electron chi connectivity index (χ0n) is 13.8. The third-order valence-corrected chi connectivity index (χ3v) is 6.50. The standard InChI is InChI=1S/C14H21N7O4Se/c15-6(12(17)24)1-2-26-3-7-9(22)10(23)14(25-7)21-5-20-8-11(16)18-4-19-13(8)21/h4-7,9-10,14,22-23H,1-3,15H2,(H2,17,24)(H2,16,18,19)/t6-,7+,9+,10+,14+/m0/s1. The number of nitrogens with two attached hydrogens (primary N) is 3. The average molecular weight is 430 g/mol. The Morgan fingerprint density at radius 3 is 2.85 bits per heavy atom. The number of primary amides is 1. The van der Waals surface area contributed by atoms with Crippen molar-refractivity contribution in [1.82, 2.24) is 19.5 Å². The van der Waals surface area contributed by atoms with Gasteiger partial charge in [-0.1, -0.05) is 0 Å². The van der Waals surface area contributed by atoms with Crippen LogP contribution in [0.25, 0.3) is 11.2 Å². The molecule has 0 spiro atoms. The van der Waals surface area contributed by atoms with Crippen molar-refractivity contribution in [2.75, 3.05) is 5.73 Å². The number of ether oxygens (including phenoxy) is 1. The number of carbonyl (C=O) groups excluding carboxylic acids is 1. The van der Waals surface area contributed by atoms with Gasteiger partial charge in [0.1, 0.15) is 0 Å². The molecular formula is C14H21N7O4Se. The Balaban J connectivity index is 1.64. The molecule has 3 heterocycles. The number of anilines is 1. The third-order valence-electron chi connectivity index (χ3n) is 4.22. The molecule has 1 fully saturated rings. The van der Waals surface area contributed by atoms with Crippen molar-refractivity contribution in [1.29, 1.82) is 0 Å². The summed E-state index contributed by atoms with van der Waals surface area (Å²) in [6.07, 6.45) is -0.270. The molecule has 5 atom stereocenters. The maximum absolute atomic E-state index is 10.9. The molecule has 2 aromatic rings. The fraction of sp³-hybridized carbons (Fsp3) is 0.571. The number of carbonyl (C=O) groups is 1. The van der Waals surface area contributed by atoms with Crippen molar-refractivity contribution in [3.63, 3.8) is 0 Å². The summed E-state index contributed by atoms with van der Waals surface area (Å²) in [6.45, 7) is 0. The molecule has 1 aliphatic rings. The fourth-order valence-electron chi connectivity index (χ4n) is 2.70. The first kappa shape index (κ1) is 19.0. The number of amides is 1. The number of rotatable bonds is 7. The Morgan fingerprint density at radius 2 is 2.12 bits per heavy atom. The summed E-state index contributed by atoms with van der Waals surface area (Å²) in [5.41, 5.74) is 17.3. The van der Waals surface area contributed by atoms with E-state index in [1.54, 1.807) is 0 Å². The van der Waals surface area contributed by atoms with Crippen LogP contribution >= 0.6 is 0 Å². The molecule has 11 nitrogen and oxygen atoms in total. The van der Waals surface area contributed by atoms with Crippen LogP contribution in [0, 0.1) is 0 Å². The van der Waals surface area contributed by atoms with Crippen LogP contribution in [0.3, 0.4) is 0 Å². The van der Waals surface area contributed by atoms with E-state index in [1.807, 2.05) is 0 Å². The first-order chi connectivity index (χ1) is 12.4. The number of imidazole rings is 1. The minimum absolute atomic E-state index is 0.0803. The van der Waals surface area contributed by atoms with Crippen LogP contribution < -0.4 is 17.2 Å². The number of aliphatic hydroxyl groups excluding tert-OH is 2. The molecule has 0 aromatic carbocycles. The monoisotopic (exact) mass is 431 g/mol. The molecular weight excluding hydrogens is 409 g/mol. The van der Waals surface area contributed by atoms with Gasteiger partial charge in [-0.05, 0) is 0 Å². The molecule has 1 amide bonds. The number of hydrogen-bond donors (Lipinski definition) is 5. The molecule has 0 aliphatic carbocycles. The fourth-order valence-corrected chi connectivity index (χ4v) is 5.00. The Bertz CT molecular complexity index is 788. The van der Waals surface area contributed by atoms with Crippen molar-refractivity contribution in [2.24, 2.45) is 11.5 Å². The molecule has 8 N–H and O–H groups in total. The molecule has 2 aromatic heterocycles. The summed E-state index contributed by atoms with van der Waals surface area (Å²) in [6, 6.07) is -0.660. The second kappa shape index (κ2) is 7.82. The SMILES string of the molecule is NC(=O)[C@@H](N)CC[Se]C[C@H]1O[C@@H](n2cnc3c(N)ncnc32)[C@H](O)[C@@H]1O. The Morgan fingerprint density at radius 1 is 1.35 bits per heavy atom. The van der Waals surface area contributed by atoms with Gasteiger partial charge >= 0.3 is 155 Å². The maximum atomic E-state index is 10.9. The first-order valence-electron chi connectivity index (χ1n) is 7.97. The van der Waals surface area contributed by atoms with E-state index in [4.69, 9.17) is 21.9 Å². The van der Waals surface area contributed by atoms with Gasteiger partial charge < -0.3 is 0 Å². The molecule has 12 heteroatoms. The van der Waals surface area contributed by atoms with Crippen molar-refractivity contribution in [3.05, 3.63) is 12.7 Å². The Kier molecular flexibility index (Phi) is 5.70. The van der Waals surface area contributed by atoms with Gasteiger partial charge in [0, 0.05) is 0 Å². The van der Waals surface area contributed by atoms with Crippen LogP contribution in [-0.4, -0.2) is 74.9 Å². The van der Waals surface area contributed by atoms with E-state index in [-0.39, 0.29) is 20.8 Å². The third kappa shape index (κ3) is 3.65. The molecule has 1 saturated heterocycles. The average Bonchev–Trinajstić information content (AvgIpc) is 3.15. The second-order valence-electron chi connectivity index (χ2n) is 6.00. The molecule has 0 unspecified atom stereocenters. The summed E-state index contributed by atoms with van der Waals surface area (Å²) in [5, 5.41) is 22.0. The van der Waals surface area contributed by atoms with Crippen LogP contribution in [0.4, 0.5) is 5.82 Å². The summed E-state index contributed by atoms with van der Waals surface area (Å²) in [5.74, 6) is -0.297. The van der Waals surface area contributed by atoms with Gasteiger partial charge in [0.2, 0.25) is 0 Å². The van der Waals surface area contributed by atoms with Crippen molar-refractivity contribution in [3.8, 4) is 0 Å². The quantitative estimate of drug-likeness (QED) is 0.239. The van der Waals surface area contributed by atoms with Crippen LogP contribution in [0.15, 0.2) is 12.7 Å². The normalized spacial score (nSPS) is 27.0. The van der Waals surface area contributed by atoms with Crippen LogP contribution in [-0.2, 0) is 9.53 Å². The molecule has 142 valence electrons. The summed E-state index contributed by atoms with van der Waals surface area (Å²) < 4.78 is 7.39. The second-order valence-corrected chi connectivity index (χ2v) is 8.41. The number of aromatic nitrogens is 4. The van der Waals surface area contributed by atoms with Gasteiger partial charge in [-0.2, -0.15) is 0 Å². The summed E-state index contributed by atoms with van der Waals surface area (Å²) in [4.78, 5) is 23.1. The molecule has 3 rings (SSSR count). The van der Waals surface area contributed by atoms with Crippen molar-refractivity contribution in [2.45, 2.75) is 47.6 Å². The first-order valence-corrected chi connectivity index (χ1v) is 10.4. The molecule has 0 saturated carbocycles. The van der Waals surface area contributed by atoms with Gasteiger partial charge in [0.25, 0.3) is 0 Å². The van der Waals surface area contributed by atoms with E-state index < -0.39 is 36.5 Å². The van der Waals surface area contributed by atoms with Crippen molar-refractivity contribution < 1.29 is 19.7 Å². The van der Waals surface area contributed by atoms with E-state index >= 15 is 0 Å². The van der Waals surface area contributed by atoms with Crippen LogP contribution in [0.5, 0.6) is 0 Å². The number of fused-ring (bicyclic) bond motifs is 1. The predicted octanol–water partition coefficient (Wildman–Crippen LogP) is -2.23. The summed E-state index contributed by atoms with van der Waals surface area (Å²) >= 11 is 0.0803. The van der Waals surface area contributed by atoms with Gasteiger partial charge in [-0.25, -0.2) is 0 Å². The predicted molar refractivity (Wildman–Crippen MR) is 92.8 cm³/mol. The van der Waals surface area contributed by atoms with Crippen LogP contribution in [0.2, 0.25) is 10.6 Å². The van der Waals surface area contributed by atoms with E-state index in [0.29, 0.717) is 22.9 Å². The van der Waals surface area contributed by atoms with Gasteiger partial charge in [0.05, 0.1) is 0 Å². The molecule has 1 aliphatic heterocycles. The zero-order valence-corrected chi connectivity index (χ0v) is 15.5. The molecule has 0 bridgehead atoms. The zero-order chi connectivity index (χ0) is 18.8. The number of aliphatic hydroxyl groups is 2. The number of nitrogens with zero attached hydrogens (tertiary/aromatic N) is 4. The van der Waals surface area contributed by atoms with Crippen molar-refractivity contribution >= 4 is 37.8 Å². The van der Waals surface area contributed by atoms with E-state index in [0.717, 1.165) is 5.32 Å². The Hall–Kier alpha value is -1.82. The van der Waals surface area contributed by atoms with E-state index in [9.17, 15) is 15.0 Å². The van der Waals surface area contributed by atoms with E-state index in [1.165, 1.54) is 17.2 Å². The Labute approximate surface area is 155 Å². The molecule has 26 heavy (non-hydrogen) atoms. The van der Waals surface area contributed by atoms with Gasteiger partial charge in [-0.15, -0.1) is 0 Å². The number of hydrogen-bond acceptors (Lipinski definition) is 9. The minimum atomic E-state index is -1.13. The van der Waals surface area contributed by atoms with Gasteiger partial charge in [0.15, 0.2) is 0 Å². The van der Waals surface area contributed by atoms with E-state index in [2.05, 4.69) is 15.0 Å². The number of nitrogen functional groups attached to an aromatic ring is 1.